The number of nitrogens with zero attached hydrogens (tertiary/aromatic N) is 4. The number of aryl methyl sites for hydroxylation is 2. The fourth-order valence-electron chi connectivity index (χ4n) is 1.71. The van der Waals surface area contributed by atoms with E-state index >= 15 is 0 Å². The Hall–Kier alpha value is -1.80. The van der Waals surface area contributed by atoms with Gasteiger partial charge in [0.1, 0.15) is 0 Å². The van der Waals surface area contributed by atoms with Crippen LogP contribution < -0.4 is 10.9 Å². The highest BCUT2D eigenvalue weighted by Gasteiger charge is 2.13. The summed E-state index contributed by atoms with van der Waals surface area (Å²) in [6.45, 7) is 5.51. The maximum absolute atomic E-state index is 12.2. The number of methoxy groups -OCH3 is 1. The van der Waals surface area contributed by atoms with Crippen LogP contribution in [-0.2, 0) is 11.3 Å². The van der Waals surface area contributed by atoms with Gasteiger partial charge in [-0.15, -0.1) is 10.2 Å². The fraction of sp³-hybridized carbons (Fsp3) is 0.500. The molecule has 2 aromatic rings. The minimum Gasteiger partial charge on any atom is -0.383 e. The summed E-state index contributed by atoms with van der Waals surface area (Å²) in [6, 6.07) is 1.74. The first-order chi connectivity index (χ1) is 9.65. The molecule has 0 fully saturated rings. The molecule has 0 unspecified atom stereocenters. The van der Waals surface area contributed by atoms with Crippen LogP contribution in [0.25, 0.3) is 10.6 Å². The molecule has 0 atom stereocenters. The summed E-state index contributed by atoms with van der Waals surface area (Å²) >= 11 is 1.35. The van der Waals surface area contributed by atoms with E-state index in [0.29, 0.717) is 35.4 Å². The van der Waals surface area contributed by atoms with Crippen molar-refractivity contribution in [2.75, 3.05) is 25.6 Å². The number of rotatable bonds is 6. The Balaban J connectivity index is 2.28. The molecule has 0 amide bonds. The van der Waals surface area contributed by atoms with Crippen LogP contribution in [0.2, 0.25) is 0 Å². The summed E-state index contributed by atoms with van der Waals surface area (Å²) in [5.74, 6) is 0. The topological polar surface area (TPSA) is 81.9 Å². The fourth-order valence-corrected chi connectivity index (χ4v) is 2.48. The van der Waals surface area contributed by atoms with Gasteiger partial charge < -0.3 is 10.1 Å². The van der Waals surface area contributed by atoms with E-state index in [4.69, 9.17) is 4.74 Å². The molecule has 20 heavy (non-hydrogen) atoms. The lowest BCUT2D eigenvalue weighted by molar-refractivity contribution is 0.211. The molecular weight excluding hydrogens is 278 g/mol. The summed E-state index contributed by atoms with van der Waals surface area (Å²) in [6.07, 6.45) is 0. The Labute approximate surface area is 120 Å². The zero-order chi connectivity index (χ0) is 14.5. The van der Waals surface area contributed by atoms with E-state index in [2.05, 4.69) is 20.6 Å². The lowest BCUT2D eigenvalue weighted by atomic mass is 10.3. The Morgan fingerprint density at radius 2 is 2.25 bits per heavy atom. The predicted octanol–water partition coefficient (Wildman–Crippen LogP) is 1.15. The van der Waals surface area contributed by atoms with Crippen molar-refractivity contribution in [2.45, 2.75) is 20.4 Å². The van der Waals surface area contributed by atoms with E-state index in [-0.39, 0.29) is 5.56 Å². The number of hydrogen-bond acceptors (Lipinski definition) is 7. The average molecular weight is 295 g/mol. The first-order valence-corrected chi connectivity index (χ1v) is 7.12. The quantitative estimate of drug-likeness (QED) is 0.805. The third-order valence-corrected chi connectivity index (χ3v) is 3.55. The molecule has 0 saturated carbocycles. The van der Waals surface area contributed by atoms with Crippen LogP contribution in [0.15, 0.2) is 10.9 Å². The van der Waals surface area contributed by atoms with Gasteiger partial charge in [-0.3, -0.25) is 4.79 Å². The first kappa shape index (κ1) is 14.6. The first-order valence-electron chi connectivity index (χ1n) is 6.31. The normalized spacial score (nSPS) is 10.8. The van der Waals surface area contributed by atoms with Crippen molar-refractivity contribution < 1.29 is 4.74 Å². The van der Waals surface area contributed by atoms with Crippen LogP contribution in [0.5, 0.6) is 0 Å². The summed E-state index contributed by atoms with van der Waals surface area (Å²) in [7, 11) is 1.64. The molecule has 2 heterocycles. The molecule has 0 spiro atoms. The van der Waals surface area contributed by atoms with Crippen molar-refractivity contribution >= 4 is 16.5 Å². The van der Waals surface area contributed by atoms with Crippen LogP contribution in [0, 0.1) is 6.92 Å². The molecule has 0 bridgehead atoms. The van der Waals surface area contributed by atoms with Gasteiger partial charge in [-0.05, 0) is 19.9 Å². The van der Waals surface area contributed by atoms with Crippen molar-refractivity contribution in [1.82, 2.24) is 20.0 Å². The standard InChI is InChI=1S/C12H17N5O2S/c1-4-17-11(18)9(7-8(2)16-17)10-14-15-12(20-10)13-5-6-19-3/h7H,4-6H2,1-3H3,(H,13,15). The van der Waals surface area contributed by atoms with Crippen LogP contribution in [0.3, 0.4) is 0 Å². The van der Waals surface area contributed by atoms with Gasteiger partial charge >= 0.3 is 0 Å². The van der Waals surface area contributed by atoms with Gasteiger partial charge in [-0.2, -0.15) is 5.10 Å². The second-order valence-corrected chi connectivity index (χ2v) is 5.13. The predicted molar refractivity (Wildman–Crippen MR) is 78.2 cm³/mol. The number of nitrogens with one attached hydrogen (secondary N) is 1. The van der Waals surface area contributed by atoms with E-state index in [1.807, 2.05) is 13.8 Å². The summed E-state index contributed by atoms with van der Waals surface area (Å²) in [4.78, 5) is 12.2. The van der Waals surface area contributed by atoms with E-state index in [1.54, 1.807) is 13.2 Å². The van der Waals surface area contributed by atoms with Gasteiger partial charge in [0, 0.05) is 20.2 Å². The lowest BCUT2D eigenvalue weighted by Gasteiger charge is -2.04. The highest BCUT2D eigenvalue weighted by molar-refractivity contribution is 7.18. The van der Waals surface area contributed by atoms with Gasteiger partial charge in [0.2, 0.25) is 5.13 Å². The molecule has 8 heteroatoms. The molecule has 0 saturated heterocycles. The molecule has 2 rings (SSSR count). The minimum absolute atomic E-state index is 0.141. The third-order valence-electron chi connectivity index (χ3n) is 2.63. The van der Waals surface area contributed by atoms with Crippen LogP contribution in [-0.4, -0.2) is 40.2 Å². The maximum atomic E-state index is 12.2. The van der Waals surface area contributed by atoms with Crippen molar-refractivity contribution in [3.8, 4) is 10.6 Å². The highest BCUT2D eigenvalue weighted by Crippen LogP contribution is 2.23. The van der Waals surface area contributed by atoms with Crippen molar-refractivity contribution in [2.24, 2.45) is 0 Å². The zero-order valence-corrected chi connectivity index (χ0v) is 12.5. The number of anilines is 1. The minimum atomic E-state index is -0.141. The smallest absolute Gasteiger partial charge is 0.277 e. The Morgan fingerprint density at radius 1 is 1.45 bits per heavy atom. The molecule has 7 nitrogen and oxygen atoms in total. The van der Waals surface area contributed by atoms with E-state index in [0.717, 1.165) is 5.69 Å². The monoisotopic (exact) mass is 295 g/mol. The molecule has 0 aliphatic rings. The van der Waals surface area contributed by atoms with Crippen LogP contribution in [0.1, 0.15) is 12.6 Å². The van der Waals surface area contributed by atoms with Crippen LogP contribution in [0.4, 0.5) is 5.13 Å². The molecular formula is C12H17N5O2S. The van der Waals surface area contributed by atoms with E-state index < -0.39 is 0 Å². The summed E-state index contributed by atoms with van der Waals surface area (Å²) < 4.78 is 6.39. The molecule has 0 radical (unpaired) electrons. The van der Waals surface area contributed by atoms with Gasteiger partial charge in [-0.25, -0.2) is 4.68 Å². The van der Waals surface area contributed by atoms with Gasteiger partial charge in [-0.1, -0.05) is 11.3 Å². The van der Waals surface area contributed by atoms with Crippen LogP contribution >= 0.6 is 11.3 Å². The van der Waals surface area contributed by atoms with Crippen molar-refractivity contribution in [3.05, 3.63) is 22.1 Å². The zero-order valence-electron chi connectivity index (χ0n) is 11.7. The molecule has 1 N–H and O–H groups in total. The Morgan fingerprint density at radius 3 is 2.95 bits per heavy atom. The molecule has 0 aliphatic heterocycles. The van der Waals surface area contributed by atoms with E-state index in [9.17, 15) is 4.79 Å². The van der Waals surface area contributed by atoms with Gasteiger partial charge in [0.15, 0.2) is 5.01 Å². The highest BCUT2D eigenvalue weighted by atomic mass is 32.1. The Kier molecular flexibility index (Phi) is 4.80. The third kappa shape index (κ3) is 3.20. The second kappa shape index (κ2) is 6.58. The molecule has 0 aromatic carbocycles. The SMILES string of the molecule is CCn1nc(C)cc(-c2nnc(NCCOC)s2)c1=O. The summed E-state index contributed by atoms with van der Waals surface area (Å²) in [5.41, 5.74) is 1.18. The number of hydrogen-bond donors (Lipinski definition) is 1. The second-order valence-electron chi connectivity index (χ2n) is 4.15. The maximum Gasteiger partial charge on any atom is 0.277 e. The van der Waals surface area contributed by atoms with Crippen molar-refractivity contribution in [1.29, 1.82) is 0 Å². The number of aromatic nitrogens is 4. The molecule has 0 aliphatic carbocycles. The van der Waals surface area contributed by atoms with Gasteiger partial charge in [0.05, 0.1) is 17.9 Å². The van der Waals surface area contributed by atoms with Crippen molar-refractivity contribution in [3.63, 3.8) is 0 Å². The van der Waals surface area contributed by atoms with Gasteiger partial charge in [0.25, 0.3) is 5.56 Å². The average Bonchev–Trinajstić information content (AvgIpc) is 2.90. The molecule has 108 valence electrons. The number of ether oxygens (including phenoxy) is 1. The van der Waals surface area contributed by atoms with E-state index in [1.165, 1.54) is 16.0 Å². The summed E-state index contributed by atoms with van der Waals surface area (Å²) in [5, 5.41) is 16.6. The molecule has 2 aromatic heterocycles. The Bertz CT molecular complexity index is 637. The largest absolute Gasteiger partial charge is 0.383 e. The lowest BCUT2D eigenvalue weighted by Crippen LogP contribution is -2.24.